The van der Waals surface area contributed by atoms with Crippen molar-refractivity contribution in [1.29, 1.82) is 0 Å². The molecule has 0 spiro atoms. The Morgan fingerprint density at radius 2 is 2.14 bits per heavy atom. The first-order valence-electron chi connectivity index (χ1n) is 4.75. The number of nitrogens with two attached hydrogens (primary N) is 1. The number of halogens is 2. The van der Waals surface area contributed by atoms with E-state index in [0.717, 1.165) is 0 Å². The molecule has 0 aliphatic heterocycles. The fourth-order valence-corrected chi connectivity index (χ4v) is 1.13. The van der Waals surface area contributed by atoms with Crippen molar-refractivity contribution in [2.24, 2.45) is 5.73 Å². The maximum absolute atomic E-state index is 12.6. The summed E-state index contributed by atoms with van der Waals surface area (Å²) < 4.78 is 25.2. The predicted octanol–water partition coefficient (Wildman–Crippen LogP) is 1.28. The lowest BCUT2D eigenvalue weighted by Crippen LogP contribution is -2.52. The molecule has 0 saturated heterocycles. The van der Waals surface area contributed by atoms with Gasteiger partial charge in [-0.05, 0) is 26.3 Å². The maximum atomic E-state index is 12.6. The molecule has 5 heteroatoms. The van der Waals surface area contributed by atoms with Crippen LogP contribution in [-0.2, 0) is 4.79 Å². The number of nitrogens with one attached hydrogen (secondary N) is 1. The highest BCUT2D eigenvalue weighted by Crippen LogP contribution is 2.19. The summed E-state index contributed by atoms with van der Waals surface area (Å²) >= 11 is 0. The molecule has 0 radical (unpaired) electrons. The molecule has 1 atom stereocenters. The largest absolute Gasteiger partial charge is 0.345 e. The fraction of sp³-hybridized carbons (Fsp3) is 0.889. The zero-order valence-electron chi connectivity index (χ0n) is 8.65. The summed E-state index contributed by atoms with van der Waals surface area (Å²) in [5.74, 6) is -0.344. The van der Waals surface area contributed by atoms with E-state index in [-0.39, 0.29) is 25.3 Å². The molecule has 0 heterocycles. The summed E-state index contributed by atoms with van der Waals surface area (Å²) in [4.78, 5) is 11.2. The van der Waals surface area contributed by atoms with Gasteiger partial charge in [-0.1, -0.05) is 6.92 Å². The van der Waals surface area contributed by atoms with Gasteiger partial charge in [-0.15, -0.1) is 0 Å². The van der Waals surface area contributed by atoms with E-state index in [1.807, 2.05) is 6.92 Å². The molecule has 0 aliphatic rings. The molecule has 1 unspecified atom stereocenters. The third-order valence-corrected chi connectivity index (χ3v) is 2.05. The molecule has 84 valence electrons. The van der Waals surface area contributed by atoms with Crippen LogP contribution in [0.5, 0.6) is 0 Å². The molecule has 0 saturated carbocycles. The second-order valence-corrected chi connectivity index (χ2v) is 3.56. The first-order valence-corrected chi connectivity index (χ1v) is 4.75. The smallest absolute Gasteiger partial charge is 0.261 e. The van der Waals surface area contributed by atoms with Gasteiger partial charge in [-0.25, -0.2) is 8.78 Å². The number of amides is 1. The third kappa shape index (κ3) is 4.00. The van der Waals surface area contributed by atoms with Gasteiger partial charge < -0.3 is 11.1 Å². The Labute approximate surface area is 83.0 Å². The summed E-state index contributed by atoms with van der Waals surface area (Å²) in [5.41, 5.74) is 3.73. The van der Waals surface area contributed by atoms with Crippen LogP contribution in [0.4, 0.5) is 8.78 Å². The van der Waals surface area contributed by atoms with E-state index in [0.29, 0.717) is 6.42 Å². The molecule has 0 aromatic rings. The minimum Gasteiger partial charge on any atom is -0.345 e. The van der Waals surface area contributed by atoms with Crippen molar-refractivity contribution in [2.75, 3.05) is 6.54 Å². The minimum absolute atomic E-state index is 0.0835. The number of hydrogen-bond donors (Lipinski definition) is 2. The summed E-state index contributed by atoms with van der Waals surface area (Å²) in [6.45, 7) is 3.27. The normalized spacial score (nSPS) is 15.3. The Morgan fingerprint density at radius 3 is 2.50 bits per heavy atom. The molecule has 1 amide bonds. The lowest BCUT2D eigenvalue weighted by molar-refractivity contribution is -0.125. The molecule has 3 N–H and O–H groups in total. The van der Waals surface area contributed by atoms with Gasteiger partial charge in [0.2, 0.25) is 5.91 Å². The van der Waals surface area contributed by atoms with Crippen molar-refractivity contribution in [3.63, 3.8) is 0 Å². The summed E-state index contributed by atoms with van der Waals surface area (Å²) in [6, 6.07) is 0. The van der Waals surface area contributed by atoms with Gasteiger partial charge in [0.1, 0.15) is 0 Å². The molecular formula is C9H18F2N2O. The van der Waals surface area contributed by atoms with Crippen molar-refractivity contribution in [3.8, 4) is 0 Å². The van der Waals surface area contributed by atoms with Crippen LogP contribution in [0.25, 0.3) is 0 Å². The highest BCUT2D eigenvalue weighted by molar-refractivity contribution is 5.76. The van der Waals surface area contributed by atoms with Crippen molar-refractivity contribution >= 4 is 5.91 Å². The Hall–Kier alpha value is -0.710. The molecule has 14 heavy (non-hydrogen) atoms. The molecule has 0 fully saturated rings. The summed E-state index contributed by atoms with van der Waals surface area (Å²) in [6.07, 6.45) is -1.59. The topological polar surface area (TPSA) is 55.1 Å². The van der Waals surface area contributed by atoms with Crippen molar-refractivity contribution in [1.82, 2.24) is 5.32 Å². The zero-order chi connectivity index (χ0) is 11.2. The minimum atomic E-state index is -2.59. The van der Waals surface area contributed by atoms with E-state index in [9.17, 15) is 13.6 Å². The van der Waals surface area contributed by atoms with Crippen LogP contribution in [0, 0.1) is 0 Å². The Balaban J connectivity index is 4.28. The molecule has 0 rings (SSSR count). The van der Waals surface area contributed by atoms with Crippen LogP contribution in [0.2, 0.25) is 0 Å². The standard InChI is InChI=1S/C9H18F2N2O/c1-3-4-7(14)13-9(2,5-6-12)8(10)11/h8H,3-6,12H2,1-2H3,(H,13,14). The number of carbonyl (C=O) groups excluding carboxylic acids is 1. The van der Waals surface area contributed by atoms with E-state index < -0.39 is 12.0 Å². The second kappa shape index (κ2) is 5.90. The third-order valence-electron chi connectivity index (χ3n) is 2.05. The van der Waals surface area contributed by atoms with Crippen LogP contribution >= 0.6 is 0 Å². The first kappa shape index (κ1) is 13.3. The summed E-state index contributed by atoms with van der Waals surface area (Å²) in [5, 5.41) is 2.33. The van der Waals surface area contributed by atoms with Crippen molar-refractivity contribution < 1.29 is 13.6 Å². The highest BCUT2D eigenvalue weighted by atomic mass is 19.3. The van der Waals surface area contributed by atoms with Crippen molar-refractivity contribution in [2.45, 2.75) is 45.1 Å². The highest BCUT2D eigenvalue weighted by Gasteiger charge is 2.35. The monoisotopic (exact) mass is 208 g/mol. The van der Waals surface area contributed by atoms with E-state index in [2.05, 4.69) is 5.32 Å². The Kier molecular flexibility index (Phi) is 5.60. The predicted molar refractivity (Wildman–Crippen MR) is 51.1 cm³/mol. The van der Waals surface area contributed by atoms with Crippen LogP contribution < -0.4 is 11.1 Å². The van der Waals surface area contributed by atoms with Gasteiger partial charge in [-0.2, -0.15) is 0 Å². The quantitative estimate of drug-likeness (QED) is 0.690. The lowest BCUT2D eigenvalue weighted by atomic mass is 9.98. The summed E-state index contributed by atoms with van der Waals surface area (Å²) in [7, 11) is 0. The number of alkyl halides is 2. The average molecular weight is 208 g/mol. The number of carbonyl (C=O) groups is 1. The van der Waals surface area contributed by atoms with Gasteiger partial charge >= 0.3 is 0 Å². The average Bonchev–Trinajstić information content (AvgIpc) is 2.04. The van der Waals surface area contributed by atoms with Crippen LogP contribution in [0.15, 0.2) is 0 Å². The maximum Gasteiger partial charge on any atom is 0.261 e. The second-order valence-electron chi connectivity index (χ2n) is 3.56. The van der Waals surface area contributed by atoms with Gasteiger partial charge in [0.05, 0.1) is 5.54 Å². The lowest BCUT2D eigenvalue weighted by Gasteiger charge is -2.29. The van der Waals surface area contributed by atoms with E-state index in [4.69, 9.17) is 5.73 Å². The Bertz CT molecular complexity index is 188. The molecule has 0 aliphatic carbocycles. The Morgan fingerprint density at radius 1 is 1.57 bits per heavy atom. The van der Waals surface area contributed by atoms with Gasteiger partial charge in [0, 0.05) is 6.42 Å². The zero-order valence-corrected chi connectivity index (χ0v) is 8.65. The van der Waals surface area contributed by atoms with Gasteiger partial charge in [0.25, 0.3) is 6.43 Å². The van der Waals surface area contributed by atoms with Gasteiger partial charge in [-0.3, -0.25) is 4.79 Å². The molecule has 0 aromatic heterocycles. The van der Waals surface area contributed by atoms with E-state index in [1.165, 1.54) is 6.92 Å². The van der Waals surface area contributed by atoms with Gasteiger partial charge in [0.15, 0.2) is 0 Å². The van der Waals surface area contributed by atoms with E-state index in [1.54, 1.807) is 0 Å². The SMILES string of the molecule is CCCC(=O)NC(C)(CCN)C(F)F. The van der Waals surface area contributed by atoms with Crippen LogP contribution in [0.3, 0.4) is 0 Å². The van der Waals surface area contributed by atoms with Crippen molar-refractivity contribution in [3.05, 3.63) is 0 Å². The van der Waals surface area contributed by atoms with Crippen LogP contribution in [-0.4, -0.2) is 24.4 Å². The van der Waals surface area contributed by atoms with Crippen LogP contribution in [0.1, 0.15) is 33.1 Å². The first-order chi connectivity index (χ1) is 6.46. The molecular weight excluding hydrogens is 190 g/mol. The molecule has 0 aromatic carbocycles. The molecule has 3 nitrogen and oxygen atoms in total. The fourth-order valence-electron chi connectivity index (χ4n) is 1.13. The molecule has 0 bridgehead atoms. The number of hydrogen-bond acceptors (Lipinski definition) is 2. The van der Waals surface area contributed by atoms with E-state index >= 15 is 0 Å². The number of rotatable bonds is 6.